The molecule has 5 nitrogen and oxygen atoms in total. The van der Waals surface area contributed by atoms with Crippen LogP contribution >= 0.6 is 0 Å². The predicted molar refractivity (Wildman–Crippen MR) is 86.6 cm³/mol. The van der Waals surface area contributed by atoms with Gasteiger partial charge in [-0.1, -0.05) is 30.3 Å². The van der Waals surface area contributed by atoms with Crippen molar-refractivity contribution in [3.8, 4) is 0 Å². The molecule has 1 aromatic carbocycles. The Morgan fingerprint density at radius 3 is 2.32 bits per heavy atom. The zero-order chi connectivity index (χ0) is 18.5. The van der Waals surface area contributed by atoms with Gasteiger partial charge in [0.05, 0.1) is 24.8 Å². The molecule has 140 valence electrons. The molecule has 0 amide bonds. The molecule has 0 aromatic heterocycles. The number of rotatable bonds is 5. The Morgan fingerprint density at radius 2 is 1.84 bits per heavy atom. The van der Waals surface area contributed by atoms with Crippen LogP contribution in [-0.4, -0.2) is 73.0 Å². The maximum Gasteiger partial charge on any atom is 0.390 e. The summed E-state index contributed by atoms with van der Waals surface area (Å²) < 4.78 is 62.8. The van der Waals surface area contributed by atoms with Gasteiger partial charge >= 0.3 is 6.18 Å². The summed E-state index contributed by atoms with van der Waals surface area (Å²) in [6, 6.07) is 8.82. The topological polar surface area (TPSA) is 60.9 Å². The van der Waals surface area contributed by atoms with E-state index in [1.165, 1.54) is 4.31 Å². The Kier molecular flexibility index (Phi) is 4.64. The standard InChI is InChI=1S/C16H21F3N2O3S/c1-25(23,24)20-10-15(11-20)14(12-5-3-2-4-6-12)13(9-22)21(15)8-7-16(17,18)19/h2-6,13-14,22H,7-11H2,1H3/t13-,14+/m1/s1. The van der Waals surface area contributed by atoms with Crippen molar-refractivity contribution in [1.82, 2.24) is 9.21 Å². The molecule has 2 fully saturated rings. The summed E-state index contributed by atoms with van der Waals surface area (Å²) in [4.78, 5) is 1.64. The molecule has 2 aliphatic rings. The lowest BCUT2D eigenvalue weighted by atomic mass is 9.61. The molecule has 1 spiro atoms. The average molecular weight is 378 g/mol. The van der Waals surface area contributed by atoms with E-state index in [2.05, 4.69) is 0 Å². The van der Waals surface area contributed by atoms with Gasteiger partial charge in [-0.15, -0.1) is 0 Å². The van der Waals surface area contributed by atoms with Crippen LogP contribution in [0.4, 0.5) is 13.2 Å². The summed E-state index contributed by atoms with van der Waals surface area (Å²) in [7, 11) is -3.39. The van der Waals surface area contributed by atoms with Crippen molar-refractivity contribution in [1.29, 1.82) is 0 Å². The van der Waals surface area contributed by atoms with Crippen LogP contribution in [0.3, 0.4) is 0 Å². The van der Waals surface area contributed by atoms with E-state index < -0.39 is 34.2 Å². The Morgan fingerprint density at radius 1 is 1.24 bits per heavy atom. The fourth-order valence-corrected chi connectivity index (χ4v) is 5.09. The molecule has 1 aromatic rings. The molecule has 1 N–H and O–H groups in total. The van der Waals surface area contributed by atoms with Gasteiger partial charge in [-0.3, -0.25) is 4.90 Å². The van der Waals surface area contributed by atoms with E-state index in [1.807, 2.05) is 30.3 Å². The maximum absolute atomic E-state index is 12.7. The third kappa shape index (κ3) is 3.30. The van der Waals surface area contributed by atoms with Gasteiger partial charge in [0, 0.05) is 31.6 Å². The number of halogens is 3. The van der Waals surface area contributed by atoms with Crippen LogP contribution in [0.15, 0.2) is 30.3 Å². The van der Waals surface area contributed by atoms with Crippen molar-refractivity contribution in [2.45, 2.75) is 30.1 Å². The lowest BCUT2D eigenvalue weighted by Gasteiger charge is -2.70. The second-order valence-electron chi connectivity index (χ2n) is 6.83. The first-order valence-corrected chi connectivity index (χ1v) is 9.88. The van der Waals surface area contributed by atoms with Gasteiger partial charge in [0.1, 0.15) is 0 Å². The van der Waals surface area contributed by atoms with Gasteiger partial charge in [-0.05, 0) is 5.56 Å². The highest BCUT2D eigenvalue weighted by atomic mass is 32.2. The highest BCUT2D eigenvalue weighted by Gasteiger charge is 2.66. The van der Waals surface area contributed by atoms with Crippen LogP contribution in [0.2, 0.25) is 0 Å². The van der Waals surface area contributed by atoms with E-state index in [9.17, 15) is 26.7 Å². The van der Waals surface area contributed by atoms with Gasteiger partial charge in [-0.25, -0.2) is 8.42 Å². The summed E-state index contributed by atoms with van der Waals surface area (Å²) in [5.41, 5.74) is 0.237. The van der Waals surface area contributed by atoms with Crippen LogP contribution in [0.1, 0.15) is 17.9 Å². The Labute approximate surface area is 145 Å². The highest BCUT2D eigenvalue weighted by molar-refractivity contribution is 7.88. The molecule has 25 heavy (non-hydrogen) atoms. The van der Waals surface area contributed by atoms with Gasteiger partial charge < -0.3 is 5.11 Å². The van der Waals surface area contributed by atoms with Gasteiger partial charge in [0.2, 0.25) is 10.0 Å². The van der Waals surface area contributed by atoms with Crippen LogP contribution in [-0.2, 0) is 10.0 Å². The predicted octanol–water partition coefficient (Wildman–Crippen LogP) is 1.41. The largest absolute Gasteiger partial charge is 0.395 e. The lowest BCUT2D eigenvalue weighted by Crippen LogP contribution is -2.85. The molecule has 0 radical (unpaired) electrons. The third-order valence-corrected chi connectivity index (χ3v) is 6.48. The first-order valence-electron chi connectivity index (χ1n) is 8.03. The Bertz CT molecular complexity index is 718. The normalized spacial score (nSPS) is 27.1. The van der Waals surface area contributed by atoms with Crippen molar-refractivity contribution in [3.63, 3.8) is 0 Å². The number of hydrogen-bond acceptors (Lipinski definition) is 4. The van der Waals surface area contributed by atoms with E-state index in [1.54, 1.807) is 4.90 Å². The number of benzene rings is 1. The van der Waals surface area contributed by atoms with E-state index >= 15 is 0 Å². The summed E-state index contributed by atoms with van der Waals surface area (Å²) in [6.45, 7) is -0.201. The molecule has 0 unspecified atom stereocenters. The van der Waals surface area contributed by atoms with Gasteiger partial charge in [0.25, 0.3) is 0 Å². The zero-order valence-corrected chi connectivity index (χ0v) is 14.6. The van der Waals surface area contributed by atoms with Gasteiger partial charge in [0.15, 0.2) is 0 Å². The number of aliphatic hydroxyl groups excluding tert-OH is 1. The minimum absolute atomic E-state index is 0.153. The molecular formula is C16H21F3N2O3S. The smallest absolute Gasteiger partial charge is 0.390 e. The van der Waals surface area contributed by atoms with Crippen molar-refractivity contribution < 1.29 is 26.7 Å². The first kappa shape index (κ1) is 18.6. The molecule has 0 bridgehead atoms. The molecule has 3 rings (SSSR count). The van der Waals surface area contributed by atoms with Crippen LogP contribution in [0.25, 0.3) is 0 Å². The number of hydrogen-bond donors (Lipinski definition) is 1. The summed E-state index contributed by atoms with van der Waals surface area (Å²) in [5.74, 6) is -0.190. The number of alkyl halides is 3. The van der Waals surface area contributed by atoms with Crippen LogP contribution in [0.5, 0.6) is 0 Å². The van der Waals surface area contributed by atoms with Crippen molar-refractivity contribution in [3.05, 3.63) is 35.9 Å². The Balaban J connectivity index is 1.87. The van der Waals surface area contributed by atoms with Crippen molar-refractivity contribution >= 4 is 10.0 Å². The van der Waals surface area contributed by atoms with E-state index in [4.69, 9.17) is 0 Å². The quantitative estimate of drug-likeness (QED) is 0.842. The lowest BCUT2D eigenvalue weighted by molar-refractivity contribution is -0.194. The molecule has 9 heteroatoms. The van der Waals surface area contributed by atoms with Crippen molar-refractivity contribution in [2.24, 2.45) is 0 Å². The fourth-order valence-electron chi connectivity index (χ4n) is 4.17. The van der Waals surface area contributed by atoms with E-state index in [0.29, 0.717) is 0 Å². The molecule has 0 aliphatic carbocycles. The molecular weight excluding hydrogens is 357 g/mol. The summed E-state index contributed by atoms with van der Waals surface area (Å²) in [6.07, 6.45) is -4.18. The Hall–Kier alpha value is -1.16. The van der Waals surface area contributed by atoms with Crippen molar-refractivity contribution in [2.75, 3.05) is 32.5 Å². The van der Waals surface area contributed by atoms with Gasteiger partial charge in [-0.2, -0.15) is 17.5 Å². The van der Waals surface area contributed by atoms with Crippen LogP contribution in [0, 0.1) is 0 Å². The second kappa shape index (κ2) is 6.22. The average Bonchev–Trinajstić information content (AvgIpc) is 2.43. The molecule has 2 saturated heterocycles. The molecule has 2 aliphatic heterocycles. The summed E-state index contributed by atoms with van der Waals surface area (Å²) in [5, 5.41) is 9.74. The van der Waals surface area contributed by atoms with E-state index in [-0.39, 0.29) is 32.2 Å². The second-order valence-corrected chi connectivity index (χ2v) is 8.81. The molecule has 0 saturated carbocycles. The zero-order valence-electron chi connectivity index (χ0n) is 13.8. The number of aliphatic hydroxyl groups is 1. The molecule has 2 heterocycles. The minimum Gasteiger partial charge on any atom is -0.395 e. The first-order chi connectivity index (χ1) is 11.6. The maximum atomic E-state index is 12.7. The molecule has 2 atom stereocenters. The third-order valence-electron chi connectivity index (χ3n) is 5.29. The monoisotopic (exact) mass is 378 g/mol. The number of sulfonamides is 1. The fraction of sp³-hybridized carbons (Fsp3) is 0.625. The number of likely N-dealkylation sites (tertiary alicyclic amines) is 1. The SMILES string of the molecule is CS(=O)(=O)N1CC2(C1)[C@@H](c1ccccc1)[C@@H](CO)N2CCC(F)(F)F. The number of nitrogens with zero attached hydrogens (tertiary/aromatic N) is 2. The minimum atomic E-state index is -4.29. The highest BCUT2D eigenvalue weighted by Crippen LogP contribution is 2.54. The summed E-state index contributed by atoms with van der Waals surface area (Å²) >= 11 is 0. The van der Waals surface area contributed by atoms with Crippen LogP contribution < -0.4 is 0 Å². The van der Waals surface area contributed by atoms with E-state index in [0.717, 1.165) is 11.8 Å².